The molecule has 0 fully saturated rings. The predicted molar refractivity (Wildman–Crippen MR) is 94.1 cm³/mol. The molecule has 0 aliphatic heterocycles. The highest BCUT2D eigenvalue weighted by Gasteiger charge is 2.05. The van der Waals surface area contributed by atoms with Gasteiger partial charge in [0.1, 0.15) is 16.5 Å². The second-order valence-corrected chi connectivity index (χ2v) is 5.13. The van der Waals surface area contributed by atoms with Crippen molar-refractivity contribution >= 4 is 28.8 Å². The van der Waals surface area contributed by atoms with E-state index in [1.165, 1.54) is 0 Å². The maximum atomic E-state index is 11.9. The van der Waals surface area contributed by atoms with Crippen LogP contribution in [0.1, 0.15) is 12.5 Å². The highest BCUT2D eigenvalue weighted by molar-refractivity contribution is 7.80. The summed E-state index contributed by atoms with van der Waals surface area (Å²) in [6.07, 6.45) is 0. The first-order chi connectivity index (χ1) is 11.1. The summed E-state index contributed by atoms with van der Waals surface area (Å²) in [5, 5.41) is 2.74. The van der Waals surface area contributed by atoms with Crippen molar-refractivity contribution in [3.63, 3.8) is 0 Å². The van der Waals surface area contributed by atoms with Gasteiger partial charge in [-0.3, -0.25) is 4.79 Å². The van der Waals surface area contributed by atoms with Crippen molar-refractivity contribution in [2.24, 2.45) is 5.73 Å². The molecule has 120 valence electrons. The van der Waals surface area contributed by atoms with Gasteiger partial charge in [-0.15, -0.1) is 0 Å². The predicted octanol–water partition coefficient (Wildman–Crippen LogP) is 2.74. The number of carbonyl (C=O) groups is 1. The quantitative estimate of drug-likeness (QED) is 0.764. The number of anilines is 1. The monoisotopic (exact) mass is 330 g/mol. The van der Waals surface area contributed by atoms with Crippen LogP contribution in [0.25, 0.3) is 0 Å². The molecule has 0 unspecified atom stereocenters. The molecule has 0 radical (unpaired) electrons. The maximum absolute atomic E-state index is 11.9. The van der Waals surface area contributed by atoms with E-state index in [0.717, 1.165) is 5.75 Å². The van der Waals surface area contributed by atoms with Crippen LogP contribution in [0.15, 0.2) is 48.5 Å². The van der Waals surface area contributed by atoms with Crippen LogP contribution in [0.4, 0.5) is 5.69 Å². The zero-order valence-electron chi connectivity index (χ0n) is 12.7. The summed E-state index contributed by atoms with van der Waals surface area (Å²) in [6, 6.07) is 14.1. The van der Waals surface area contributed by atoms with Crippen LogP contribution in [0, 0.1) is 0 Å². The summed E-state index contributed by atoms with van der Waals surface area (Å²) < 4.78 is 10.8. The van der Waals surface area contributed by atoms with Gasteiger partial charge in [0.05, 0.1) is 6.61 Å². The number of hydrogen-bond donors (Lipinski definition) is 2. The second-order valence-electron chi connectivity index (χ2n) is 4.69. The van der Waals surface area contributed by atoms with Gasteiger partial charge in [-0.05, 0) is 43.3 Å². The van der Waals surface area contributed by atoms with Gasteiger partial charge in [-0.1, -0.05) is 24.4 Å². The van der Waals surface area contributed by atoms with Crippen LogP contribution in [0.2, 0.25) is 0 Å². The third kappa shape index (κ3) is 5.27. The molecule has 6 heteroatoms. The topological polar surface area (TPSA) is 73.6 Å². The Morgan fingerprint density at radius 3 is 2.39 bits per heavy atom. The Hall–Kier alpha value is -2.60. The SMILES string of the molecule is CCOc1ccc(OCC(=O)Nc2cccc(C(N)=S)c2)cc1. The second kappa shape index (κ2) is 8.14. The molecule has 0 saturated carbocycles. The van der Waals surface area contributed by atoms with Crippen molar-refractivity contribution < 1.29 is 14.3 Å². The molecular formula is C17H18N2O3S. The summed E-state index contributed by atoms with van der Waals surface area (Å²) in [5.41, 5.74) is 6.89. The third-order valence-corrected chi connectivity index (χ3v) is 3.17. The maximum Gasteiger partial charge on any atom is 0.262 e. The number of thiocarbonyl (C=S) groups is 1. The van der Waals surface area contributed by atoms with Crippen molar-refractivity contribution in [1.29, 1.82) is 0 Å². The molecule has 2 rings (SSSR count). The van der Waals surface area contributed by atoms with Crippen molar-refractivity contribution in [2.75, 3.05) is 18.5 Å². The van der Waals surface area contributed by atoms with Crippen molar-refractivity contribution in [1.82, 2.24) is 0 Å². The molecule has 3 N–H and O–H groups in total. The molecular weight excluding hydrogens is 312 g/mol. The lowest BCUT2D eigenvalue weighted by molar-refractivity contribution is -0.118. The lowest BCUT2D eigenvalue weighted by atomic mass is 10.2. The Labute approximate surface area is 140 Å². The lowest BCUT2D eigenvalue weighted by Gasteiger charge is -2.09. The summed E-state index contributed by atoms with van der Waals surface area (Å²) in [6.45, 7) is 2.43. The minimum atomic E-state index is -0.265. The lowest BCUT2D eigenvalue weighted by Crippen LogP contribution is -2.20. The van der Waals surface area contributed by atoms with Gasteiger partial charge in [0, 0.05) is 11.3 Å². The molecule has 2 aromatic carbocycles. The Bertz CT molecular complexity index is 686. The van der Waals surface area contributed by atoms with Gasteiger partial charge in [0.15, 0.2) is 6.61 Å². The third-order valence-electron chi connectivity index (χ3n) is 2.94. The van der Waals surface area contributed by atoms with Gasteiger partial charge in [0.25, 0.3) is 5.91 Å². The van der Waals surface area contributed by atoms with Crippen molar-refractivity contribution in [3.05, 3.63) is 54.1 Å². The molecule has 0 aromatic heterocycles. The molecule has 23 heavy (non-hydrogen) atoms. The summed E-state index contributed by atoms with van der Waals surface area (Å²) in [5.74, 6) is 1.10. The average Bonchev–Trinajstić information content (AvgIpc) is 2.55. The number of benzene rings is 2. The Kier molecular flexibility index (Phi) is 5.94. The van der Waals surface area contributed by atoms with Gasteiger partial charge < -0.3 is 20.5 Å². The van der Waals surface area contributed by atoms with Gasteiger partial charge >= 0.3 is 0 Å². The first kappa shape index (κ1) is 16.8. The van der Waals surface area contributed by atoms with Crippen LogP contribution < -0.4 is 20.5 Å². The summed E-state index contributed by atoms with van der Waals surface area (Å²) >= 11 is 4.91. The largest absolute Gasteiger partial charge is 0.494 e. The highest BCUT2D eigenvalue weighted by Crippen LogP contribution is 2.17. The molecule has 0 bridgehead atoms. The number of hydrogen-bond acceptors (Lipinski definition) is 4. The molecule has 0 heterocycles. The van der Waals surface area contributed by atoms with E-state index < -0.39 is 0 Å². The molecule has 0 aliphatic carbocycles. The van der Waals surface area contributed by atoms with Crippen LogP contribution in [0.3, 0.4) is 0 Å². The number of ether oxygens (including phenoxy) is 2. The standard InChI is InChI=1S/C17H18N2O3S/c1-2-21-14-6-8-15(9-7-14)22-11-16(20)19-13-5-3-4-12(10-13)17(18)23/h3-10H,2,11H2,1H3,(H2,18,23)(H,19,20). The fourth-order valence-corrected chi connectivity index (χ4v) is 2.02. The molecule has 0 atom stereocenters. The van der Waals surface area contributed by atoms with Gasteiger partial charge in [-0.2, -0.15) is 0 Å². The molecule has 5 nitrogen and oxygen atoms in total. The fourth-order valence-electron chi connectivity index (χ4n) is 1.89. The van der Waals surface area contributed by atoms with Crippen molar-refractivity contribution in [3.8, 4) is 11.5 Å². The number of rotatable bonds is 7. The van der Waals surface area contributed by atoms with Crippen molar-refractivity contribution in [2.45, 2.75) is 6.92 Å². The Morgan fingerprint density at radius 1 is 1.13 bits per heavy atom. The van der Waals surface area contributed by atoms with Gasteiger partial charge in [0.2, 0.25) is 0 Å². The van der Waals surface area contributed by atoms with E-state index in [1.54, 1.807) is 48.5 Å². The van der Waals surface area contributed by atoms with E-state index in [9.17, 15) is 4.79 Å². The number of amides is 1. The summed E-state index contributed by atoms with van der Waals surface area (Å²) in [4.78, 5) is 12.2. The van der Waals surface area contributed by atoms with E-state index in [1.807, 2.05) is 6.92 Å². The van der Waals surface area contributed by atoms with Crippen LogP contribution >= 0.6 is 12.2 Å². The van der Waals surface area contributed by atoms with Crippen LogP contribution in [-0.2, 0) is 4.79 Å². The smallest absolute Gasteiger partial charge is 0.262 e. The first-order valence-electron chi connectivity index (χ1n) is 7.14. The van der Waals surface area contributed by atoms with E-state index in [2.05, 4.69) is 5.32 Å². The van der Waals surface area contributed by atoms with Gasteiger partial charge in [-0.25, -0.2) is 0 Å². The molecule has 0 aliphatic rings. The summed E-state index contributed by atoms with van der Waals surface area (Å²) in [7, 11) is 0. The van der Waals surface area contributed by atoms with E-state index in [0.29, 0.717) is 23.6 Å². The van der Waals surface area contributed by atoms with E-state index in [4.69, 9.17) is 27.4 Å². The Balaban J connectivity index is 1.87. The molecule has 0 spiro atoms. The average molecular weight is 330 g/mol. The number of nitrogens with one attached hydrogen (secondary N) is 1. The van der Waals surface area contributed by atoms with Crippen LogP contribution in [0.5, 0.6) is 11.5 Å². The van der Waals surface area contributed by atoms with E-state index in [-0.39, 0.29) is 17.5 Å². The van der Waals surface area contributed by atoms with E-state index >= 15 is 0 Å². The van der Waals surface area contributed by atoms with Crippen LogP contribution in [-0.4, -0.2) is 24.1 Å². The zero-order chi connectivity index (χ0) is 16.7. The molecule has 1 amide bonds. The molecule has 2 aromatic rings. The zero-order valence-corrected chi connectivity index (χ0v) is 13.6. The minimum absolute atomic E-state index is 0.0920. The highest BCUT2D eigenvalue weighted by atomic mass is 32.1. The minimum Gasteiger partial charge on any atom is -0.494 e. The molecule has 0 saturated heterocycles. The normalized spacial score (nSPS) is 9.96. The fraction of sp³-hybridized carbons (Fsp3) is 0.176. The number of carbonyl (C=O) groups excluding carboxylic acids is 1. The Morgan fingerprint density at radius 2 is 1.78 bits per heavy atom. The number of nitrogens with two attached hydrogens (primary N) is 1. The first-order valence-corrected chi connectivity index (χ1v) is 7.54.